The normalized spacial score (nSPS) is 21.7. The highest BCUT2D eigenvalue weighted by atomic mass is 16.5. The van der Waals surface area contributed by atoms with E-state index in [-0.39, 0.29) is 0 Å². The highest BCUT2D eigenvalue weighted by molar-refractivity contribution is 5.12. The molecule has 0 bridgehead atoms. The van der Waals surface area contributed by atoms with Crippen molar-refractivity contribution in [1.29, 1.82) is 0 Å². The minimum absolute atomic E-state index is 0.339. The first-order valence-corrected chi connectivity index (χ1v) is 6.17. The number of allylic oxidation sites excluding steroid dienone is 1. The van der Waals surface area contributed by atoms with Gasteiger partial charge in [-0.25, -0.2) is 0 Å². The second kappa shape index (κ2) is 7.02. The summed E-state index contributed by atoms with van der Waals surface area (Å²) in [4.78, 5) is 0. The number of nitrogens with one attached hydrogen (secondary N) is 1. The summed E-state index contributed by atoms with van der Waals surface area (Å²) in [5.41, 5.74) is 1.60. The van der Waals surface area contributed by atoms with Crippen molar-refractivity contribution in [1.82, 2.24) is 5.32 Å². The van der Waals surface area contributed by atoms with Crippen molar-refractivity contribution in [2.45, 2.75) is 57.6 Å². The summed E-state index contributed by atoms with van der Waals surface area (Å²) in [7, 11) is 3.84. The number of hydrogen-bond donors (Lipinski definition) is 1. The first-order valence-electron chi connectivity index (χ1n) is 6.17. The summed E-state index contributed by atoms with van der Waals surface area (Å²) in [5, 5.41) is 3.42. The lowest BCUT2D eigenvalue weighted by Crippen LogP contribution is -2.31. The predicted molar refractivity (Wildman–Crippen MR) is 65.1 cm³/mol. The van der Waals surface area contributed by atoms with Crippen LogP contribution in [0.2, 0.25) is 0 Å². The average Bonchev–Trinajstić information content (AvgIpc) is 2.54. The van der Waals surface area contributed by atoms with Gasteiger partial charge in [0.1, 0.15) is 0 Å². The minimum atomic E-state index is 0.339. The average molecular weight is 211 g/mol. The molecule has 2 heteroatoms. The molecule has 0 aromatic heterocycles. The highest BCUT2D eigenvalue weighted by Gasteiger charge is 2.16. The predicted octanol–water partition coefficient (Wildman–Crippen LogP) is 2.89. The molecule has 88 valence electrons. The standard InChI is InChI=1S/C13H25NO/c1-11(15-3)10-13(14-2)12-8-6-4-5-7-9-12/h8,11,13-14H,4-7,9-10H2,1-3H3. The molecule has 0 radical (unpaired) electrons. The summed E-state index contributed by atoms with van der Waals surface area (Å²) >= 11 is 0. The van der Waals surface area contributed by atoms with E-state index in [1.165, 1.54) is 32.1 Å². The maximum absolute atomic E-state index is 5.34. The highest BCUT2D eigenvalue weighted by Crippen LogP contribution is 2.22. The zero-order valence-corrected chi connectivity index (χ0v) is 10.4. The van der Waals surface area contributed by atoms with Gasteiger partial charge in [0, 0.05) is 13.2 Å². The van der Waals surface area contributed by atoms with E-state index < -0.39 is 0 Å². The van der Waals surface area contributed by atoms with E-state index in [9.17, 15) is 0 Å². The maximum atomic E-state index is 5.34. The Hall–Kier alpha value is -0.340. The van der Waals surface area contributed by atoms with E-state index in [0.717, 1.165) is 6.42 Å². The third-order valence-electron chi connectivity index (χ3n) is 3.34. The van der Waals surface area contributed by atoms with Gasteiger partial charge in [0.25, 0.3) is 0 Å². The Kier molecular flexibility index (Phi) is 5.96. The van der Waals surface area contributed by atoms with E-state index in [1.807, 2.05) is 0 Å². The molecule has 0 amide bonds. The largest absolute Gasteiger partial charge is 0.382 e. The number of rotatable bonds is 5. The number of likely N-dealkylation sites (N-methyl/N-ethyl adjacent to an activating group) is 1. The molecular weight excluding hydrogens is 186 g/mol. The molecule has 1 aliphatic carbocycles. The molecule has 2 nitrogen and oxygen atoms in total. The molecule has 2 unspecified atom stereocenters. The molecule has 2 atom stereocenters. The van der Waals surface area contributed by atoms with Gasteiger partial charge in [0.15, 0.2) is 0 Å². The third kappa shape index (κ3) is 4.35. The summed E-state index contributed by atoms with van der Waals surface area (Å²) < 4.78 is 5.34. The quantitative estimate of drug-likeness (QED) is 0.706. The fraction of sp³-hybridized carbons (Fsp3) is 0.846. The molecule has 0 fully saturated rings. The molecule has 0 aromatic carbocycles. The molecule has 0 aromatic rings. The fourth-order valence-corrected chi connectivity index (χ4v) is 2.24. The third-order valence-corrected chi connectivity index (χ3v) is 3.34. The van der Waals surface area contributed by atoms with E-state index in [0.29, 0.717) is 12.1 Å². The lowest BCUT2D eigenvalue weighted by atomic mass is 9.97. The molecule has 1 N–H and O–H groups in total. The lowest BCUT2D eigenvalue weighted by Gasteiger charge is -2.22. The Labute approximate surface area is 94.1 Å². The van der Waals surface area contributed by atoms with Gasteiger partial charge < -0.3 is 10.1 Å². The Morgan fingerprint density at radius 3 is 2.87 bits per heavy atom. The summed E-state index contributed by atoms with van der Waals surface area (Å²) in [6.45, 7) is 2.14. The molecular formula is C13H25NO. The van der Waals surface area contributed by atoms with Gasteiger partial charge in [0.2, 0.25) is 0 Å². The molecule has 0 heterocycles. The van der Waals surface area contributed by atoms with Crippen LogP contribution in [0.1, 0.15) is 45.4 Å². The molecule has 15 heavy (non-hydrogen) atoms. The first kappa shape index (κ1) is 12.7. The van der Waals surface area contributed by atoms with E-state index in [1.54, 1.807) is 12.7 Å². The zero-order chi connectivity index (χ0) is 11.1. The van der Waals surface area contributed by atoms with Crippen LogP contribution in [0.15, 0.2) is 11.6 Å². The summed E-state index contributed by atoms with van der Waals surface area (Å²) in [6, 6.07) is 0.512. The van der Waals surface area contributed by atoms with Crippen molar-refractivity contribution in [3.63, 3.8) is 0 Å². The van der Waals surface area contributed by atoms with E-state index in [2.05, 4.69) is 25.4 Å². The van der Waals surface area contributed by atoms with Gasteiger partial charge in [0.05, 0.1) is 6.10 Å². The van der Waals surface area contributed by atoms with E-state index in [4.69, 9.17) is 4.74 Å². The SMILES string of the molecule is CNC(CC(C)OC)C1=CCCCCC1. The van der Waals surface area contributed by atoms with Crippen molar-refractivity contribution >= 4 is 0 Å². The molecule has 1 rings (SSSR count). The molecule has 0 saturated heterocycles. The monoisotopic (exact) mass is 211 g/mol. The number of ether oxygens (including phenoxy) is 1. The molecule has 1 aliphatic rings. The smallest absolute Gasteiger partial charge is 0.0561 e. The van der Waals surface area contributed by atoms with Crippen LogP contribution in [-0.2, 0) is 4.74 Å². The Morgan fingerprint density at radius 2 is 2.20 bits per heavy atom. The van der Waals surface area contributed by atoms with Gasteiger partial charge in [-0.1, -0.05) is 18.1 Å². The second-order valence-electron chi connectivity index (χ2n) is 4.50. The molecule has 0 aliphatic heterocycles. The second-order valence-corrected chi connectivity index (χ2v) is 4.50. The molecule has 0 spiro atoms. The van der Waals surface area contributed by atoms with Crippen LogP contribution in [0.25, 0.3) is 0 Å². The van der Waals surface area contributed by atoms with Gasteiger partial charge in [-0.15, -0.1) is 0 Å². The van der Waals surface area contributed by atoms with Crippen molar-refractivity contribution in [3.8, 4) is 0 Å². The van der Waals surface area contributed by atoms with Crippen LogP contribution in [-0.4, -0.2) is 26.3 Å². The van der Waals surface area contributed by atoms with Crippen LogP contribution in [0.4, 0.5) is 0 Å². The van der Waals surface area contributed by atoms with Gasteiger partial charge in [-0.2, -0.15) is 0 Å². The molecule has 0 saturated carbocycles. The Bertz CT molecular complexity index is 201. The Morgan fingerprint density at radius 1 is 1.40 bits per heavy atom. The van der Waals surface area contributed by atoms with Crippen molar-refractivity contribution in [3.05, 3.63) is 11.6 Å². The summed E-state index contributed by atoms with van der Waals surface area (Å²) in [6.07, 6.45) is 10.5. The first-order chi connectivity index (χ1) is 7.27. The number of hydrogen-bond acceptors (Lipinski definition) is 2. The maximum Gasteiger partial charge on any atom is 0.0561 e. The van der Waals surface area contributed by atoms with Gasteiger partial charge in [-0.05, 0) is 46.1 Å². The summed E-state index contributed by atoms with van der Waals surface area (Å²) in [5.74, 6) is 0. The van der Waals surface area contributed by atoms with Crippen molar-refractivity contribution in [2.75, 3.05) is 14.2 Å². The minimum Gasteiger partial charge on any atom is -0.382 e. The van der Waals surface area contributed by atoms with Crippen LogP contribution in [0, 0.1) is 0 Å². The van der Waals surface area contributed by atoms with Crippen molar-refractivity contribution < 1.29 is 4.74 Å². The Balaban J connectivity index is 2.51. The zero-order valence-electron chi connectivity index (χ0n) is 10.4. The topological polar surface area (TPSA) is 21.3 Å². The van der Waals surface area contributed by atoms with Crippen LogP contribution in [0.5, 0.6) is 0 Å². The van der Waals surface area contributed by atoms with Crippen molar-refractivity contribution in [2.24, 2.45) is 0 Å². The van der Waals surface area contributed by atoms with Crippen LogP contribution >= 0.6 is 0 Å². The van der Waals surface area contributed by atoms with Crippen LogP contribution in [0.3, 0.4) is 0 Å². The number of methoxy groups -OCH3 is 1. The van der Waals surface area contributed by atoms with E-state index >= 15 is 0 Å². The van der Waals surface area contributed by atoms with Gasteiger partial charge in [-0.3, -0.25) is 0 Å². The fourth-order valence-electron chi connectivity index (χ4n) is 2.24. The van der Waals surface area contributed by atoms with Crippen LogP contribution < -0.4 is 5.32 Å². The lowest BCUT2D eigenvalue weighted by molar-refractivity contribution is 0.104. The van der Waals surface area contributed by atoms with Gasteiger partial charge >= 0.3 is 0 Å².